The fraction of sp³-hybridized carbons (Fsp3) is 1.00. The van der Waals surface area contributed by atoms with Crippen LogP contribution in [-0.4, -0.2) is 0 Å². The minimum atomic E-state index is 0.669. The highest BCUT2D eigenvalue weighted by Gasteiger charge is 2.35. The Kier molecular flexibility index (Phi) is 4.94. The molecule has 0 aromatic heterocycles. The third-order valence-corrected chi connectivity index (χ3v) is 5.88. The van der Waals surface area contributed by atoms with Crippen LogP contribution in [0.3, 0.4) is 0 Å². The number of hydrogen-bond donors (Lipinski definition) is 0. The molecule has 0 radical (unpaired) electrons. The van der Waals surface area contributed by atoms with Gasteiger partial charge in [-0.2, -0.15) is 0 Å². The van der Waals surface area contributed by atoms with E-state index in [4.69, 9.17) is 0 Å². The van der Waals surface area contributed by atoms with E-state index < -0.39 is 0 Å². The van der Waals surface area contributed by atoms with Crippen LogP contribution in [0, 0.1) is 17.3 Å². The number of hydrogen-bond acceptors (Lipinski definition) is 0. The van der Waals surface area contributed by atoms with E-state index in [9.17, 15) is 0 Å². The molecule has 0 nitrogen and oxygen atoms in total. The standard InChI is InChI=1S/C17H32/c1-3-17(2,16-12-8-5-9-13-16)14-15-10-6-4-7-11-15/h15-16H,3-14H2,1-2H3. The summed E-state index contributed by atoms with van der Waals surface area (Å²) in [5, 5.41) is 0. The summed E-state index contributed by atoms with van der Waals surface area (Å²) in [5.41, 5.74) is 0.669. The summed E-state index contributed by atoms with van der Waals surface area (Å²) in [5.74, 6) is 2.11. The lowest BCUT2D eigenvalue weighted by molar-refractivity contribution is 0.0864. The van der Waals surface area contributed by atoms with Crippen LogP contribution in [-0.2, 0) is 0 Å². The molecule has 2 rings (SSSR count). The molecule has 17 heavy (non-hydrogen) atoms. The maximum absolute atomic E-state index is 2.61. The first-order chi connectivity index (χ1) is 8.24. The van der Waals surface area contributed by atoms with E-state index in [2.05, 4.69) is 13.8 Å². The van der Waals surface area contributed by atoms with Gasteiger partial charge in [-0.05, 0) is 36.5 Å². The highest BCUT2D eigenvalue weighted by Crippen LogP contribution is 2.47. The molecular formula is C17H32. The van der Waals surface area contributed by atoms with Crippen LogP contribution >= 0.6 is 0 Å². The van der Waals surface area contributed by atoms with Crippen LogP contribution in [0.2, 0.25) is 0 Å². The zero-order chi connectivity index (χ0) is 12.1. The molecule has 0 aromatic carbocycles. The maximum atomic E-state index is 2.61. The Labute approximate surface area is 109 Å². The predicted molar refractivity (Wildman–Crippen MR) is 76.2 cm³/mol. The van der Waals surface area contributed by atoms with Crippen LogP contribution in [0.5, 0.6) is 0 Å². The smallest absolute Gasteiger partial charge is 0.0298 e. The van der Waals surface area contributed by atoms with E-state index in [1.165, 1.54) is 77.0 Å². The topological polar surface area (TPSA) is 0 Å². The van der Waals surface area contributed by atoms with E-state index in [0.29, 0.717) is 5.41 Å². The van der Waals surface area contributed by atoms with E-state index in [0.717, 1.165) is 11.8 Å². The Balaban J connectivity index is 1.91. The molecule has 2 aliphatic carbocycles. The van der Waals surface area contributed by atoms with Crippen molar-refractivity contribution in [2.75, 3.05) is 0 Å². The molecule has 2 aliphatic rings. The normalized spacial score (nSPS) is 27.9. The highest BCUT2D eigenvalue weighted by molar-refractivity contribution is 4.86. The molecule has 0 saturated heterocycles. The summed E-state index contributed by atoms with van der Waals surface area (Å²) >= 11 is 0. The molecule has 0 bridgehead atoms. The quantitative estimate of drug-likeness (QED) is 0.565. The van der Waals surface area contributed by atoms with Gasteiger partial charge in [0.1, 0.15) is 0 Å². The van der Waals surface area contributed by atoms with Crippen molar-refractivity contribution in [3.63, 3.8) is 0 Å². The minimum absolute atomic E-state index is 0.669. The molecule has 0 heterocycles. The van der Waals surface area contributed by atoms with Crippen molar-refractivity contribution in [3.8, 4) is 0 Å². The molecule has 1 atom stereocenters. The Morgan fingerprint density at radius 1 is 0.824 bits per heavy atom. The van der Waals surface area contributed by atoms with Crippen LogP contribution < -0.4 is 0 Å². The van der Waals surface area contributed by atoms with Crippen LogP contribution in [0.1, 0.15) is 90.9 Å². The SMILES string of the molecule is CCC(C)(CC1CCCCC1)C1CCCCC1. The Hall–Kier alpha value is 0. The molecule has 2 fully saturated rings. The second kappa shape index (κ2) is 6.25. The van der Waals surface area contributed by atoms with Crippen molar-refractivity contribution in [2.45, 2.75) is 90.9 Å². The van der Waals surface area contributed by atoms with Gasteiger partial charge in [0.15, 0.2) is 0 Å². The molecule has 0 spiro atoms. The van der Waals surface area contributed by atoms with E-state index >= 15 is 0 Å². The zero-order valence-electron chi connectivity index (χ0n) is 12.1. The van der Waals surface area contributed by atoms with E-state index in [1.54, 1.807) is 0 Å². The highest BCUT2D eigenvalue weighted by atomic mass is 14.4. The van der Waals surface area contributed by atoms with E-state index in [-0.39, 0.29) is 0 Å². The van der Waals surface area contributed by atoms with Crippen LogP contribution in [0.4, 0.5) is 0 Å². The van der Waals surface area contributed by atoms with Gasteiger partial charge >= 0.3 is 0 Å². The largest absolute Gasteiger partial charge is 0.0649 e. The summed E-state index contributed by atoms with van der Waals surface area (Å²) in [6.07, 6.45) is 18.1. The first-order valence-corrected chi connectivity index (χ1v) is 8.24. The Bertz CT molecular complexity index is 208. The average Bonchev–Trinajstić information content (AvgIpc) is 2.41. The molecule has 2 saturated carbocycles. The molecule has 0 heteroatoms. The van der Waals surface area contributed by atoms with Gasteiger partial charge in [-0.3, -0.25) is 0 Å². The molecule has 0 aliphatic heterocycles. The summed E-state index contributed by atoms with van der Waals surface area (Å²) in [4.78, 5) is 0. The molecular weight excluding hydrogens is 204 g/mol. The van der Waals surface area contributed by atoms with Gasteiger partial charge in [0.2, 0.25) is 0 Å². The molecule has 1 unspecified atom stereocenters. The Morgan fingerprint density at radius 2 is 1.35 bits per heavy atom. The maximum Gasteiger partial charge on any atom is -0.0298 e. The lowest BCUT2D eigenvalue weighted by Crippen LogP contribution is -2.31. The van der Waals surface area contributed by atoms with Crippen molar-refractivity contribution in [1.29, 1.82) is 0 Å². The van der Waals surface area contributed by atoms with Gasteiger partial charge in [0, 0.05) is 0 Å². The lowest BCUT2D eigenvalue weighted by atomic mass is 9.63. The third-order valence-electron chi connectivity index (χ3n) is 5.88. The van der Waals surface area contributed by atoms with Gasteiger partial charge < -0.3 is 0 Å². The van der Waals surface area contributed by atoms with Crippen molar-refractivity contribution in [2.24, 2.45) is 17.3 Å². The van der Waals surface area contributed by atoms with Crippen molar-refractivity contribution in [1.82, 2.24) is 0 Å². The molecule has 0 amide bonds. The van der Waals surface area contributed by atoms with Crippen LogP contribution in [0.25, 0.3) is 0 Å². The van der Waals surface area contributed by atoms with Gasteiger partial charge in [0.25, 0.3) is 0 Å². The van der Waals surface area contributed by atoms with Crippen molar-refractivity contribution in [3.05, 3.63) is 0 Å². The molecule has 100 valence electrons. The Morgan fingerprint density at radius 3 is 1.88 bits per heavy atom. The zero-order valence-corrected chi connectivity index (χ0v) is 12.1. The molecule has 0 aromatic rings. The lowest BCUT2D eigenvalue weighted by Gasteiger charge is -2.42. The summed E-state index contributed by atoms with van der Waals surface area (Å²) in [6.45, 7) is 5.05. The molecule has 0 N–H and O–H groups in total. The second-order valence-electron chi connectivity index (χ2n) is 7.05. The fourth-order valence-corrected chi connectivity index (χ4v) is 4.45. The van der Waals surface area contributed by atoms with E-state index in [1.807, 2.05) is 0 Å². The van der Waals surface area contributed by atoms with Crippen LogP contribution in [0.15, 0.2) is 0 Å². The van der Waals surface area contributed by atoms with Gasteiger partial charge in [-0.1, -0.05) is 71.6 Å². The van der Waals surface area contributed by atoms with Gasteiger partial charge in [0.05, 0.1) is 0 Å². The second-order valence-corrected chi connectivity index (χ2v) is 7.05. The van der Waals surface area contributed by atoms with Crippen molar-refractivity contribution >= 4 is 0 Å². The first kappa shape index (κ1) is 13.4. The third kappa shape index (κ3) is 3.48. The first-order valence-electron chi connectivity index (χ1n) is 8.24. The monoisotopic (exact) mass is 236 g/mol. The summed E-state index contributed by atoms with van der Waals surface area (Å²) in [7, 11) is 0. The predicted octanol–water partition coefficient (Wildman–Crippen LogP) is 5.95. The minimum Gasteiger partial charge on any atom is -0.0649 e. The summed E-state index contributed by atoms with van der Waals surface area (Å²) < 4.78 is 0. The average molecular weight is 236 g/mol. The van der Waals surface area contributed by atoms with Crippen molar-refractivity contribution < 1.29 is 0 Å². The summed E-state index contributed by atoms with van der Waals surface area (Å²) in [6, 6.07) is 0. The fourth-order valence-electron chi connectivity index (χ4n) is 4.45. The van der Waals surface area contributed by atoms with Gasteiger partial charge in [-0.25, -0.2) is 0 Å². The van der Waals surface area contributed by atoms with Gasteiger partial charge in [-0.15, -0.1) is 0 Å². The number of rotatable bonds is 4.